The number of nitrogens with one attached hydrogen (secondary N) is 2. The highest BCUT2D eigenvalue weighted by Gasteiger charge is 2.38. The number of para-hydroxylation sites is 2. The second kappa shape index (κ2) is 12.6. The van der Waals surface area contributed by atoms with Gasteiger partial charge in [-0.25, -0.2) is 4.79 Å². The van der Waals surface area contributed by atoms with E-state index in [2.05, 4.69) is 17.2 Å². The summed E-state index contributed by atoms with van der Waals surface area (Å²) < 4.78 is 5.38. The summed E-state index contributed by atoms with van der Waals surface area (Å²) in [5, 5.41) is 16.6. The van der Waals surface area contributed by atoms with Gasteiger partial charge in [-0.3, -0.25) is 9.59 Å². The SMILES string of the molecule is C=CCN(C(=O)C(NC(=O)OC(C)(C)C)C(C)C)C(C(=O)Nc1c(C)cccc1C)c1cccc(C)c1O. The van der Waals surface area contributed by atoms with E-state index in [0.717, 1.165) is 11.1 Å². The molecule has 206 valence electrons. The van der Waals surface area contributed by atoms with Crippen molar-refractivity contribution in [1.82, 2.24) is 10.2 Å². The van der Waals surface area contributed by atoms with Crippen molar-refractivity contribution in [2.24, 2.45) is 5.92 Å². The molecule has 0 aliphatic heterocycles. The molecular weight excluding hydrogens is 482 g/mol. The lowest BCUT2D eigenvalue weighted by molar-refractivity contribution is -0.141. The Morgan fingerprint density at radius 2 is 1.58 bits per heavy atom. The van der Waals surface area contributed by atoms with Crippen LogP contribution in [0.1, 0.15) is 62.9 Å². The van der Waals surface area contributed by atoms with E-state index in [1.54, 1.807) is 59.7 Å². The number of aromatic hydroxyl groups is 1. The average Bonchev–Trinajstić information content (AvgIpc) is 2.80. The van der Waals surface area contributed by atoms with Crippen LogP contribution in [-0.4, -0.2) is 46.1 Å². The molecule has 2 aromatic rings. The largest absolute Gasteiger partial charge is 0.507 e. The number of phenols is 1. The summed E-state index contributed by atoms with van der Waals surface area (Å²) in [5.74, 6) is -1.42. The number of hydrogen-bond acceptors (Lipinski definition) is 5. The summed E-state index contributed by atoms with van der Waals surface area (Å²) in [4.78, 5) is 41.9. The van der Waals surface area contributed by atoms with Crippen LogP contribution in [0.5, 0.6) is 5.75 Å². The Balaban J connectivity index is 2.60. The van der Waals surface area contributed by atoms with Crippen molar-refractivity contribution in [1.29, 1.82) is 0 Å². The van der Waals surface area contributed by atoms with Crippen molar-refractivity contribution >= 4 is 23.6 Å². The van der Waals surface area contributed by atoms with Crippen LogP contribution in [0.2, 0.25) is 0 Å². The smallest absolute Gasteiger partial charge is 0.408 e. The van der Waals surface area contributed by atoms with Gasteiger partial charge >= 0.3 is 6.09 Å². The van der Waals surface area contributed by atoms with Crippen molar-refractivity contribution < 1.29 is 24.2 Å². The maximum Gasteiger partial charge on any atom is 0.408 e. The minimum atomic E-state index is -1.21. The number of alkyl carbamates (subject to hydrolysis) is 1. The number of amides is 3. The molecule has 8 nitrogen and oxygen atoms in total. The van der Waals surface area contributed by atoms with Crippen LogP contribution in [-0.2, 0) is 14.3 Å². The maximum absolute atomic E-state index is 14.0. The summed E-state index contributed by atoms with van der Waals surface area (Å²) >= 11 is 0. The van der Waals surface area contributed by atoms with Crippen LogP contribution in [0.25, 0.3) is 0 Å². The van der Waals surface area contributed by atoms with Gasteiger partial charge in [-0.05, 0) is 64.2 Å². The molecule has 0 spiro atoms. The van der Waals surface area contributed by atoms with Crippen molar-refractivity contribution in [3.8, 4) is 5.75 Å². The molecule has 0 fully saturated rings. The Hall–Kier alpha value is -3.81. The predicted molar refractivity (Wildman–Crippen MR) is 150 cm³/mol. The zero-order valence-electron chi connectivity index (χ0n) is 23.7. The number of nitrogens with zero attached hydrogens (tertiary/aromatic N) is 1. The van der Waals surface area contributed by atoms with Gasteiger partial charge in [0.2, 0.25) is 5.91 Å². The van der Waals surface area contributed by atoms with Crippen LogP contribution < -0.4 is 10.6 Å². The minimum Gasteiger partial charge on any atom is -0.507 e. The number of anilines is 1. The number of carbonyl (C=O) groups is 3. The van der Waals surface area contributed by atoms with Gasteiger partial charge in [0, 0.05) is 17.8 Å². The van der Waals surface area contributed by atoms with E-state index in [4.69, 9.17) is 4.74 Å². The van der Waals surface area contributed by atoms with E-state index >= 15 is 0 Å². The molecule has 38 heavy (non-hydrogen) atoms. The number of aryl methyl sites for hydroxylation is 3. The molecule has 2 aromatic carbocycles. The zero-order chi connectivity index (χ0) is 28.8. The van der Waals surface area contributed by atoms with E-state index in [-0.39, 0.29) is 23.8 Å². The topological polar surface area (TPSA) is 108 Å². The molecule has 2 unspecified atom stereocenters. The lowest BCUT2D eigenvalue weighted by Crippen LogP contribution is -2.54. The Morgan fingerprint density at radius 3 is 2.11 bits per heavy atom. The highest BCUT2D eigenvalue weighted by Crippen LogP contribution is 2.34. The Kier molecular flexibility index (Phi) is 10.1. The van der Waals surface area contributed by atoms with Gasteiger partial charge in [0.25, 0.3) is 5.91 Å². The average molecular weight is 524 g/mol. The number of benzene rings is 2. The van der Waals surface area contributed by atoms with E-state index < -0.39 is 35.6 Å². The third-order valence-corrected chi connectivity index (χ3v) is 6.07. The zero-order valence-corrected chi connectivity index (χ0v) is 23.7. The van der Waals surface area contributed by atoms with E-state index in [1.807, 2.05) is 32.0 Å². The number of phenolic OH excluding ortho intramolecular Hbond substituents is 1. The normalized spacial score (nSPS) is 12.9. The van der Waals surface area contributed by atoms with Gasteiger partial charge in [-0.1, -0.05) is 56.3 Å². The van der Waals surface area contributed by atoms with Crippen LogP contribution in [0, 0.1) is 26.7 Å². The first-order valence-corrected chi connectivity index (χ1v) is 12.7. The summed E-state index contributed by atoms with van der Waals surface area (Å²) in [5.41, 5.74) is 2.43. The quantitative estimate of drug-likeness (QED) is 0.373. The van der Waals surface area contributed by atoms with Crippen LogP contribution in [0.4, 0.5) is 10.5 Å². The lowest BCUT2D eigenvalue weighted by Gasteiger charge is -2.35. The molecule has 2 atom stereocenters. The molecule has 0 bridgehead atoms. The van der Waals surface area contributed by atoms with Gasteiger partial charge in [0.1, 0.15) is 23.4 Å². The molecule has 2 rings (SSSR count). The fourth-order valence-corrected chi connectivity index (χ4v) is 4.14. The molecule has 3 amide bonds. The summed E-state index contributed by atoms with van der Waals surface area (Å²) in [6.07, 6.45) is 0.771. The first-order chi connectivity index (χ1) is 17.7. The first kappa shape index (κ1) is 30.4. The van der Waals surface area contributed by atoms with E-state index in [0.29, 0.717) is 11.3 Å². The van der Waals surface area contributed by atoms with Crippen molar-refractivity contribution in [3.63, 3.8) is 0 Å². The third-order valence-electron chi connectivity index (χ3n) is 6.07. The van der Waals surface area contributed by atoms with E-state index in [1.165, 1.54) is 11.0 Å². The van der Waals surface area contributed by atoms with Crippen LogP contribution in [0.3, 0.4) is 0 Å². The predicted octanol–water partition coefficient (Wildman–Crippen LogP) is 5.56. The standard InChI is InChI=1S/C30H41N3O5/c1-10-17-33(28(36)23(18(2)3)32-29(37)38-30(7,8)9)25(22-16-12-15-21(6)26(22)34)27(35)31-24-19(4)13-11-14-20(24)5/h10-16,18,23,25,34H,1,17H2,2-9H3,(H,31,35)(H,32,37). The summed E-state index contributed by atoms with van der Waals surface area (Å²) in [7, 11) is 0. The van der Waals surface area contributed by atoms with Gasteiger partial charge < -0.3 is 25.4 Å². The van der Waals surface area contributed by atoms with Crippen LogP contribution in [0.15, 0.2) is 49.1 Å². The van der Waals surface area contributed by atoms with Crippen molar-refractivity contribution in [3.05, 3.63) is 71.3 Å². The second-order valence-corrected chi connectivity index (χ2v) is 10.8. The number of hydrogen-bond donors (Lipinski definition) is 3. The molecule has 0 aliphatic rings. The monoisotopic (exact) mass is 523 g/mol. The van der Waals surface area contributed by atoms with Crippen molar-refractivity contribution in [2.45, 2.75) is 73.1 Å². The number of carbonyl (C=O) groups excluding carboxylic acids is 3. The molecular formula is C30H41N3O5. The molecule has 0 heterocycles. The number of rotatable bonds is 9. The number of ether oxygens (including phenoxy) is 1. The van der Waals surface area contributed by atoms with Crippen LogP contribution >= 0.6 is 0 Å². The molecule has 0 aliphatic carbocycles. The lowest BCUT2D eigenvalue weighted by atomic mass is 9.96. The Morgan fingerprint density at radius 1 is 1.03 bits per heavy atom. The van der Waals surface area contributed by atoms with Gasteiger partial charge in [-0.2, -0.15) is 0 Å². The molecule has 0 saturated heterocycles. The fourth-order valence-electron chi connectivity index (χ4n) is 4.14. The minimum absolute atomic E-state index is 0.00370. The Labute approximate surface area is 226 Å². The highest BCUT2D eigenvalue weighted by atomic mass is 16.6. The third kappa shape index (κ3) is 7.60. The highest BCUT2D eigenvalue weighted by molar-refractivity contribution is 6.00. The maximum atomic E-state index is 14.0. The summed E-state index contributed by atoms with van der Waals surface area (Å²) in [6.45, 7) is 18.1. The molecule has 0 radical (unpaired) electrons. The van der Waals surface area contributed by atoms with Gasteiger partial charge in [-0.15, -0.1) is 6.58 Å². The fraction of sp³-hybridized carbons (Fsp3) is 0.433. The Bertz CT molecular complexity index is 1160. The molecule has 0 saturated carbocycles. The van der Waals surface area contributed by atoms with Crippen molar-refractivity contribution in [2.75, 3.05) is 11.9 Å². The van der Waals surface area contributed by atoms with Gasteiger partial charge in [0.05, 0.1) is 0 Å². The second-order valence-electron chi connectivity index (χ2n) is 10.8. The first-order valence-electron chi connectivity index (χ1n) is 12.7. The van der Waals surface area contributed by atoms with E-state index in [9.17, 15) is 19.5 Å². The van der Waals surface area contributed by atoms with Gasteiger partial charge in [0.15, 0.2) is 0 Å². The summed E-state index contributed by atoms with van der Waals surface area (Å²) in [6, 6.07) is 8.52. The molecule has 3 N–H and O–H groups in total. The molecule has 8 heteroatoms. The molecule has 0 aromatic heterocycles.